The highest BCUT2D eigenvalue weighted by Gasteiger charge is 2.19. The number of aryl methyl sites for hydroxylation is 1. The molecule has 7 nitrogen and oxygen atoms in total. The first kappa shape index (κ1) is 15.6. The maximum atomic E-state index is 12.1. The fourth-order valence-corrected chi connectivity index (χ4v) is 3.56. The molecule has 9 heteroatoms. The summed E-state index contributed by atoms with van der Waals surface area (Å²) in [7, 11) is -3.34. The number of hydrogen-bond acceptors (Lipinski definition) is 5. The second kappa shape index (κ2) is 6.35. The molecule has 0 unspecified atom stereocenters. The molecular weight excluding hydrogens is 362 g/mol. The Kier molecular flexibility index (Phi) is 4.73. The molecule has 0 fully saturated rings. The molecule has 0 aliphatic rings. The summed E-state index contributed by atoms with van der Waals surface area (Å²) in [5.74, 6) is -0.316. The molecule has 0 saturated carbocycles. The zero-order chi connectivity index (χ0) is 15.5. The van der Waals surface area contributed by atoms with Gasteiger partial charge in [-0.15, -0.1) is 0 Å². The van der Waals surface area contributed by atoms with Crippen molar-refractivity contribution in [3.8, 4) is 0 Å². The number of benzene rings is 1. The fraction of sp³-hybridized carbons (Fsp3) is 0.250. The van der Waals surface area contributed by atoms with E-state index >= 15 is 0 Å². The van der Waals surface area contributed by atoms with Crippen LogP contribution in [0, 0.1) is 10.1 Å². The molecule has 0 N–H and O–H groups in total. The number of halogens is 1. The molecule has 21 heavy (non-hydrogen) atoms. The molecule has 0 atom stereocenters. The lowest BCUT2D eigenvalue weighted by Crippen LogP contribution is -2.10. The molecule has 0 spiro atoms. The largest absolute Gasteiger partial charge is 0.404 e. The summed E-state index contributed by atoms with van der Waals surface area (Å²) in [4.78, 5) is 10.3. The second-order valence-electron chi connectivity index (χ2n) is 4.31. The SMILES string of the molecule is O=[N+]([O-])c1nn(CCCS(=O)(=O)c2ccccc2)cc1Br. The van der Waals surface area contributed by atoms with Crippen molar-refractivity contribution in [2.75, 3.05) is 5.75 Å². The van der Waals surface area contributed by atoms with Gasteiger partial charge >= 0.3 is 5.82 Å². The van der Waals surface area contributed by atoms with E-state index in [-0.39, 0.29) is 20.9 Å². The standard InChI is InChI=1S/C12H12BrN3O4S/c13-11-9-15(14-12(11)16(17)18)7-4-8-21(19,20)10-5-2-1-3-6-10/h1-3,5-6,9H,4,7-8H2. The lowest BCUT2D eigenvalue weighted by Gasteiger charge is -2.03. The van der Waals surface area contributed by atoms with Crippen LogP contribution in [-0.4, -0.2) is 28.9 Å². The molecule has 0 aliphatic carbocycles. The number of hydrogen-bond donors (Lipinski definition) is 0. The van der Waals surface area contributed by atoms with Crippen molar-refractivity contribution in [1.29, 1.82) is 0 Å². The molecule has 112 valence electrons. The highest BCUT2D eigenvalue weighted by molar-refractivity contribution is 9.10. The van der Waals surface area contributed by atoms with Crippen molar-refractivity contribution >= 4 is 31.6 Å². The molecule has 2 rings (SSSR count). The molecule has 0 aliphatic heterocycles. The van der Waals surface area contributed by atoms with Gasteiger partial charge in [-0.2, -0.15) is 4.68 Å². The third kappa shape index (κ3) is 3.88. The summed E-state index contributed by atoms with van der Waals surface area (Å²) < 4.78 is 25.8. The van der Waals surface area contributed by atoms with Gasteiger partial charge in [-0.1, -0.05) is 18.2 Å². The average Bonchev–Trinajstić information content (AvgIpc) is 2.81. The molecular formula is C12H12BrN3O4S. The first-order valence-electron chi connectivity index (χ1n) is 6.05. The Morgan fingerprint density at radius 2 is 1.95 bits per heavy atom. The highest BCUT2D eigenvalue weighted by Crippen LogP contribution is 2.22. The Balaban J connectivity index is 1.99. The molecule has 0 amide bonds. The van der Waals surface area contributed by atoms with Crippen LogP contribution in [0.1, 0.15) is 6.42 Å². The van der Waals surface area contributed by atoms with Gasteiger partial charge in [-0.05, 0) is 39.4 Å². The predicted molar refractivity (Wildman–Crippen MR) is 79.7 cm³/mol. The van der Waals surface area contributed by atoms with Crippen LogP contribution in [0.2, 0.25) is 0 Å². The zero-order valence-corrected chi connectivity index (χ0v) is 13.2. The van der Waals surface area contributed by atoms with Gasteiger partial charge in [0.2, 0.25) is 0 Å². The van der Waals surface area contributed by atoms with Crippen LogP contribution in [-0.2, 0) is 16.4 Å². The molecule has 1 aromatic heterocycles. The monoisotopic (exact) mass is 373 g/mol. The van der Waals surface area contributed by atoms with Crippen molar-refractivity contribution in [2.45, 2.75) is 17.9 Å². The van der Waals surface area contributed by atoms with Gasteiger partial charge in [-0.25, -0.2) is 8.42 Å². The van der Waals surface area contributed by atoms with Gasteiger partial charge in [0.05, 0.1) is 28.5 Å². The number of nitro groups is 1. The van der Waals surface area contributed by atoms with Crippen LogP contribution in [0.15, 0.2) is 45.9 Å². The van der Waals surface area contributed by atoms with Crippen molar-refractivity contribution in [1.82, 2.24) is 9.78 Å². The molecule has 0 radical (unpaired) electrons. The lowest BCUT2D eigenvalue weighted by molar-refractivity contribution is -0.390. The van der Waals surface area contributed by atoms with E-state index in [0.29, 0.717) is 13.0 Å². The van der Waals surface area contributed by atoms with E-state index < -0.39 is 14.8 Å². The minimum absolute atomic E-state index is 0.0394. The number of sulfone groups is 1. The maximum absolute atomic E-state index is 12.1. The predicted octanol–water partition coefficient (Wildman–Crippen LogP) is 2.42. The van der Waals surface area contributed by atoms with Crippen LogP contribution in [0.25, 0.3) is 0 Å². The van der Waals surface area contributed by atoms with E-state index in [4.69, 9.17) is 0 Å². The van der Waals surface area contributed by atoms with Gasteiger partial charge in [0, 0.05) is 0 Å². The Morgan fingerprint density at radius 1 is 1.29 bits per heavy atom. The number of nitrogens with zero attached hydrogens (tertiary/aromatic N) is 3. The van der Waals surface area contributed by atoms with E-state index in [1.165, 1.54) is 10.9 Å². The highest BCUT2D eigenvalue weighted by atomic mass is 79.9. The van der Waals surface area contributed by atoms with Crippen molar-refractivity contribution < 1.29 is 13.3 Å². The van der Waals surface area contributed by atoms with Crippen LogP contribution in [0.4, 0.5) is 5.82 Å². The lowest BCUT2D eigenvalue weighted by atomic mass is 10.4. The average molecular weight is 374 g/mol. The quantitative estimate of drug-likeness (QED) is 0.572. The molecule has 2 aromatic rings. The van der Waals surface area contributed by atoms with Crippen molar-refractivity contribution in [3.63, 3.8) is 0 Å². The topological polar surface area (TPSA) is 95.1 Å². The van der Waals surface area contributed by atoms with Crippen LogP contribution in [0.5, 0.6) is 0 Å². The van der Waals surface area contributed by atoms with Gasteiger partial charge in [0.15, 0.2) is 9.84 Å². The molecule has 1 aromatic carbocycles. The molecule has 1 heterocycles. The number of aromatic nitrogens is 2. The summed E-state index contributed by atoms with van der Waals surface area (Å²) >= 11 is 3.04. The van der Waals surface area contributed by atoms with E-state index in [2.05, 4.69) is 21.0 Å². The summed E-state index contributed by atoms with van der Waals surface area (Å²) in [5, 5.41) is 14.4. The van der Waals surface area contributed by atoms with Gasteiger partial charge in [0.1, 0.15) is 4.47 Å². The smallest absolute Gasteiger partial charge is 0.358 e. The Bertz CT molecular complexity index is 743. The van der Waals surface area contributed by atoms with Gasteiger partial charge < -0.3 is 10.1 Å². The fourth-order valence-electron chi connectivity index (χ4n) is 1.79. The maximum Gasteiger partial charge on any atom is 0.404 e. The normalized spacial score (nSPS) is 11.5. The third-order valence-electron chi connectivity index (χ3n) is 2.77. The van der Waals surface area contributed by atoms with E-state index in [1.807, 2.05) is 0 Å². The zero-order valence-electron chi connectivity index (χ0n) is 10.8. The summed E-state index contributed by atoms with van der Waals surface area (Å²) in [6, 6.07) is 8.18. The minimum Gasteiger partial charge on any atom is -0.358 e. The first-order chi connectivity index (χ1) is 9.90. The van der Waals surface area contributed by atoms with Crippen LogP contribution < -0.4 is 0 Å². The molecule has 0 saturated heterocycles. The van der Waals surface area contributed by atoms with E-state index in [0.717, 1.165) is 0 Å². The van der Waals surface area contributed by atoms with E-state index in [1.54, 1.807) is 30.3 Å². The van der Waals surface area contributed by atoms with Crippen molar-refractivity contribution in [3.05, 3.63) is 51.1 Å². The number of rotatable bonds is 6. The summed E-state index contributed by atoms with van der Waals surface area (Å²) in [6.07, 6.45) is 1.79. The van der Waals surface area contributed by atoms with Gasteiger partial charge in [0.25, 0.3) is 0 Å². The van der Waals surface area contributed by atoms with Crippen LogP contribution >= 0.6 is 15.9 Å². The second-order valence-corrected chi connectivity index (χ2v) is 7.27. The van der Waals surface area contributed by atoms with Crippen LogP contribution in [0.3, 0.4) is 0 Å². The van der Waals surface area contributed by atoms with Gasteiger partial charge in [-0.3, -0.25) is 0 Å². The van der Waals surface area contributed by atoms with Crippen molar-refractivity contribution in [2.24, 2.45) is 0 Å². The Labute approximate surface area is 129 Å². The Hall–Kier alpha value is -1.74. The van der Waals surface area contributed by atoms with E-state index in [9.17, 15) is 18.5 Å². The Morgan fingerprint density at radius 3 is 2.52 bits per heavy atom. The summed E-state index contributed by atoms with van der Waals surface area (Å²) in [6.45, 7) is 0.290. The molecule has 0 bridgehead atoms. The minimum atomic E-state index is -3.34. The third-order valence-corrected chi connectivity index (χ3v) is 5.15. The first-order valence-corrected chi connectivity index (χ1v) is 8.50. The summed E-state index contributed by atoms with van der Waals surface area (Å²) in [5.41, 5.74) is 0.